The SMILES string of the molecule is CCCCCCCCCCCCOc1cc2oc3c(c2s1)C(CC)(CC)c1ccc2c4c(ccc2c1-3)C(CC)(CC)c1cc(O)sc1-4. The van der Waals surface area contributed by atoms with Gasteiger partial charge in [-0.3, -0.25) is 0 Å². The Hall–Kier alpha value is -2.76. The van der Waals surface area contributed by atoms with E-state index in [1.807, 2.05) is 6.07 Å². The molecule has 5 aromatic rings. The summed E-state index contributed by atoms with van der Waals surface area (Å²) < 4.78 is 14.4. The van der Waals surface area contributed by atoms with E-state index in [2.05, 4.69) is 65.0 Å². The molecule has 2 aliphatic carbocycles. The molecule has 0 saturated carbocycles. The fourth-order valence-corrected chi connectivity index (χ4v) is 11.4. The van der Waals surface area contributed by atoms with E-state index in [1.54, 1.807) is 11.3 Å². The molecule has 0 spiro atoms. The molecular weight excluding hydrogens is 617 g/mol. The lowest BCUT2D eigenvalue weighted by atomic mass is 9.73. The summed E-state index contributed by atoms with van der Waals surface area (Å²) in [5.41, 5.74) is 8.91. The first-order valence-electron chi connectivity index (χ1n) is 18.6. The van der Waals surface area contributed by atoms with Crippen LogP contribution in [0, 0.1) is 0 Å². The third-order valence-corrected chi connectivity index (χ3v) is 13.9. The lowest BCUT2D eigenvalue weighted by molar-refractivity contribution is 0.312. The van der Waals surface area contributed by atoms with Crippen molar-refractivity contribution in [2.75, 3.05) is 6.61 Å². The summed E-state index contributed by atoms with van der Waals surface area (Å²) in [6, 6.07) is 13.7. The van der Waals surface area contributed by atoms with Crippen molar-refractivity contribution in [2.45, 2.75) is 135 Å². The number of hydrogen-bond donors (Lipinski definition) is 1. The normalized spacial score (nSPS) is 15.3. The Morgan fingerprint density at radius 3 is 1.89 bits per heavy atom. The molecule has 47 heavy (non-hydrogen) atoms. The minimum atomic E-state index is -0.0786. The molecule has 3 nitrogen and oxygen atoms in total. The molecule has 250 valence electrons. The maximum absolute atomic E-state index is 10.7. The molecule has 1 N–H and O–H groups in total. The highest BCUT2D eigenvalue weighted by molar-refractivity contribution is 7.21. The minimum Gasteiger partial charge on any atom is -0.499 e. The summed E-state index contributed by atoms with van der Waals surface area (Å²) in [5.74, 6) is 1.06. The average molecular weight is 669 g/mol. The fourth-order valence-electron chi connectivity index (χ4n) is 9.20. The summed E-state index contributed by atoms with van der Waals surface area (Å²) >= 11 is 3.31. The third kappa shape index (κ3) is 5.09. The van der Waals surface area contributed by atoms with E-state index in [9.17, 15) is 5.11 Å². The largest absolute Gasteiger partial charge is 0.499 e. The van der Waals surface area contributed by atoms with Crippen LogP contribution < -0.4 is 4.74 Å². The van der Waals surface area contributed by atoms with Crippen molar-refractivity contribution in [1.29, 1.82) is 0 Å². The van der Waals surface area contributed by atoms with E-state index in [1.165, 1.54) is 123 Å². The van der Waals surface area contributed by atoms with Crippen LogP contribution in [0.4, 0.5) is 0 Å². The molecule has 2 aliphatic rings. The number of aromatic hydroxyl groups is 1. The van der Waals surface area contributed by atoms with Gasteiger partial charge in [-0.15, -0.1) is 0 Å². The molecule has 3 heterocycles. The second-order valence-electron chi connectivity index (χ2n) is 14.1. The molecule has 0 saturated heterocycles. The molecule has 0 radical (unpaired) electrons. The zero-order chi connectivity index (χ0) is 32.8. The molecule has 5 heteroatoms. The smallest absolute Gasteiger partial charge is 0.178 e. The van der Waals surface area contributed by atoms with Gasteiger partial charge in [0, 0.05) is 38.5 Å². The Bertz CT molecular complexity index is 1880. The van der Waals surface area contributed by atoms with Crippen LogP contribution in [0.15, 0.2) is 40.8 Å². The van der Waals surface area contributed by atoms with Crippen LogP contribution in [0.5, 0.6) is 10.1 Å². The highest BCUT2D eigenvalue weighted by Gasteiger charge is 2.48. The average Bonchev–Trinajstić information content (AvgIpc) is 3.86. The molecule has 3 aromatic heterocycles. The summed E-state index contributed by atoms with van der Waals surface area (Å²) in [7, 11) is 0. The molecule has 0 fully saturated rings. The number of fused-ring (bicyclic) bond motifs is 11. The van der Waals surface area contributed by atoms with E-state index in [-0.39, 0.29) is 10.8 Å². The zero-order valence-electron chi connectivity index (χ0n) is 29.2. The number of unbranched alkanes of at least 4 members (excludes halogenated alkanes) is 9. The topological polar surface area (TPSA) is 42.6 Å². The number of rotatable bonds is 16. The first-order chi connectivity index (χ1) is 23.0. The molecule has 0 atom stereocenters. The maximum atomic E-state index is 10.7. The summed E-state index contributed by atoms with van der Waals surface area (Å²) in [6.07, 6.45) is 17.4. The lowest BCUT2D eigenvalue weighted by Gasteiger charge is -2.30. The predicted molar refractivity (Wildman–Crippen MR) is 202 cm³/mol. The van der Waals surface area contributed by atoms with E-state index in [4.69, 9.17) is 9.15 Å². The van der Waals surface area contributed by atoms with E-state index < -0.39 is 0 Å². The monoisotopic (exact) mass is 668 g/mol. The van der Waals surface area contributed by atoms with Crippen LogP contribution in [0.25, 0.3) is 42.8 Å². The van der Waals surface area contributed by atoms with Crippen molar-refractivity contribution in [3.05, 3.63) is 58.7 Å². The second-order valence-corrected chi connectivity index (χ2v) is 16.1. The Morgan fingerprint density at radius 2 is 1.26 bits per heavy atom. The van der Waals surface area contributed by atoms with Crippen molar-refractivity contribution < 1.29 is 14.3 Å². The van der Waals surface area contributed by atoms with Gasteiger partial charge in [-0.05, 0) is 65.6 Å². The van der Waals surface area contributed by atoms with Crippen molar-refractivity contribution in [3.63, 3.8) is 0 Å². The highest BCUT2D eigenvalue weighted by atomic mass is 32.1. The fraction of sp³-hybridized carbons (Fsp3) is 0.524. The second kappa shape index (κ2) is 13.3. The van der Waals surface area contributed by atoms with Gasteiger partial charge in [-0.2, -0.15) is 0 Å². The number of thiophene rings is 2. The Morgan fingerprint density at radius 1 is 0.660 bits per heavy atom. The molecular formula is C42H52O3S2. The maximum Gasteiger partial charge on any atom is 0.178 e. The Balaban J connectivity index is 1.17. The van der Waals surface area contributed by atoms with Gasteiger partial charge >= 0.3 is 0 Å². The first-order valence-corrected chi connectivity index (χ1v) is 20.2. The minimum absolute atomic E-state index is 0.0469. The lowest BCUT2D eigenvalue weighted by Crippen LogP contribution is -2.23. The Kier molecular flexibility index (Phi) is 9.25. The molecule has 2 aromatic carbocycles. The van der Waals surface area contributed by atoms with Crippen LogP contribution in [0.2, 0.25) is 0 Å². The van der Waals surface area contributed by atoms with Crippen molar-refractivity contribution in [2.24, 2.45) is 0 Å². The number of hydrogen-bond acceptors (Lipinski definition) is 5. The molecule has 0 bridgehead atoms. The molecule has 0 amide bonds. The van der Waals surface area contributed by atoms with Crippen LogP contribution in [-0.2, 0) is 10.8 Å². The number of furan rings is 1. The van der Waals surface area contributed by atoms with Crippen LogP contribution >= 0.6 is 22.7 Å². The van der Waals surface area contributed by atoms with Gasteiger partial charge in [-0.1, -0.05) is 139 Å². The van der Waals surface area contributed by atoms with Crippen molar-refractivity contribution in [3.8, 4) is 31.9 Å². The van der Waals surface area contributed by atoms with Gasteiger partial charge in [-0.25, -0.2) is 0 Å². The number of ether oxygens (including phenoxy) is 1. The molecule has 0 aliphatic heterocycles. The zero-order valence-corrected chi connectivity index (χ0v) is 30.8. The Labute approximate surface area is 289 Å². The quantitative estimate of drug-likeness (QED) is 0.106. The predicted octanol–water partition coefficient (Wildman–Crippen LogP) is 13.9. The van der Waals surface area contributed by atoms with Crippen LogP contribution in [-0.4, -0.2) is 11.7 Å². The van der Waals surface area contributed by atoms with Gasteiger partial charge in [0.05, 0.1) is 11.3 Å². The van der Waals surface area contributed by atoms with E-state index in [0.717, 1.165) is 55.1 Å². The summed E-state index contributed by atoms with van der Waals surface area (Å²) in [6.45, 7) is 12.3. The van der Waals surface area contributed by atoms with Gasteiger partial charge in [0.25, 0.3) is 0 Å². The van der Waals surface area contributed by atoms with Crippen LogP contribution in [0.3, 0.4) is 0 Å². The van der Waals surface area contributed by atoms with Gasteiger partial charge in [0.15, 0.2) is 10.1 Å². The molecule has 7 rings (SSSR count). The van der Waals surface area contributed by atoms with E-state index >= 15 is 0 Å². The third-order valence-electron chi connectivity index (χ3n) is 11.9. The van der Waals surface area contributed by atoms with Crippen LogP contribution in [0.1, 0.15) is 147 Å². The van der Waals surface area contributed by atoms with Gasteiger partial charge in [0.1, 0.15) is 11.3 Å². The standard InChI is InChI=1S/C42H52O3S2/c1-6-11-12-13-14-15-16-17-18-19-24-44-34-26-32-40(47-34)37-38(45-32)35-27-20-23-30-36(28(27)21-22-29(35)42(37,9-4)10-5)39-31(25-33(43)46-39)41(30,7-2)8-3/h20-23,25-26,43H,6-19,24H2,1-5H3. The van der Waals surface area contributed by atoms with Gasteiger partial charge < -0.3 is 14.3 Å². The molecule has 0 unspecified atom stereocenters. The van der Waals surface area contributed by atoms with Crippen molar-refractivity contribution >= 4 is 43.7 Å². The first kappa shape index (κ1) is 32.8. The van der Waals surface area contributed by atoms with Crippen molar-refractivity contribution in [1.82, 2.24) is 0 Å². The van der Waals surface area contributed by atoms with Gasteiger partial charge in [0.2, 0.25) is 0 Å². The summed E-state index contributed by atoms with van der Waals surface area (Å²) in [5, 5.41) is 14.6. The highest BCUT2D eigenvalue weighted by Crippen LogP contribution is 2.63. The number of benzene rings is 2. The summed E-state index contributed by atoms with van der Waals surface area (Å²) in [4.78, 5) is 1.24. The van der Waals surface area contributed by atoms with E-state index in [0.29, 0.717) is 5.06 Å².